The maximum absolute atomic E-state index is 14.6. The average Bonchev–Trinajstić information content (AvgIpc) is 3.70. The molecule has 4 aromatic rings. The van der Waals surface area contributed by atoms with Crippen molar-refractivity contribution in [2.24, 2.45) is 11.8 Å². The van der Waals surface area contributed by atoms with Gasteiger partial charge in [0.25, 0.3) is 15.9 Å². The van der Waals surface area contributed by atoms with Gasteiger partial charge in [-0.25, -0.2) is 22.9 Å². The van der Waals surface area contributed by atoms with Crippen LogP contribution < -0.4 is 29.6 Å². The van der Waals surface area contributed by atoms with Gasteiger partial charge >= 0.3 is 6.09 Å². The molecule has 4 aliphatic rings. The molecule has 0 unspecified atom stereocenters. The summed E-state index contributed by atoms with van der Waals surface area (Å²) in [6.07, 6.45) is 3.34. The molecule has 5 atom stereocenters. The van der Waals surface area contributed by atoms with Gasteiger partial charge < -0.3 is 39.2 Å². The Morgan fingerprint density at radius 3 is 2.46 bits per heavy atom. The van der Waals surface area contributed by atoms with Gasteiger partial charge in [-0.05, 0) is 92.1 Å². The molecule has 3 N–H and O–H groups in total. The summed E-state index contributed by atoms with van der Waals surface area (Å²) in [6.45, 7) is 7.52. The summed E-state index contributed by atoms with van der Waals surface area (Å²) in [5.41, 5.74) is 1.21. The molecule has 0 radical (unpaired) electrons. The first-order chi connectivity index (χ1) is 30.3. The topological polar surface area (TPSA) is 201 Å². The van der Waals surface area contributed by atoms with Crippen molar-refractivity contribution in [2.45, 2.75) is 93.7 Å². The summed E-state index contributed by atoms with van der Waals surface area (Å²) in [6, 6.07) is 18.2. The summed E-state index contributed by atoms with van der Waals surface area (Å²) < 4.78 is 57.4. The number of rotatable bonds is 15. The molecule has 4 amide bonds. The van der Waals surface area contributed by atoms with Crippen molar-refractivity contribution in [1.29, 1.82) is 0 Å². The highest BCUT2D eigenvalue weighted by Gasteiger charge is 2.61. The number of nitrogens with one attached hydrogen (secondary N) is 3. The smallest absolute Gasteiger partial charge is 0.408 e. The predicted octanol–water partition coefficient (Wildman–Crippen LogP) is 5.38. The third-order valence-corrected chi connectivity index (χ3v) is 13.6. The first kappa shape index (κ1) is 43.4. The number of sulfonamides is 1. The molecule has 3 aromatic carbocycles. The molecule has 3 fully saturated rings. The molecule has 16 nitrogen and oxygen atoms in total. The number of hydrogen-bond donors (Lipinski definition) is 3. The number of amides is 4. The summed E-state index contributed by atoms with van der Waals surface area (Å²) in [5.74, 6) is -1.29. The van der Waals surface area contributed by atoms with Gasteiger partial charge in [-0.2, -0.15) is 0 Å². The van der Waals surface area contributed by atoms with Crippen molar-refractivity contribution in [3.8, 4) is 28.5 Å². The monoisotopic (exact) mass is 881 g/mol. The molecule has 17 heteroatoms. The fourth-order valence-corrected chi connectivity index (χ4v) is 9.63. The van der Waals surface area contributed by atoms with Gasteiger partial charge in [-0.1, -0.05) is 38.1 Å². The van der Waals surface area contributed by atoms with Gasteiger partial charge in [-0.3, -0.25) is 14.4 Å². The van der Waals surface area contributed by atoms with E-state index in [1.54, 1.807) is 27.0 Å². The summed E-state index contributed by atoms with van der Waals surface area (Å²) in [7, 11) is -2.71. The number of carbonyl (C=O) groups excluding carboxylic acids is 4. The van der Waals surface area contributed by atoms with Crippen LogP contribution >= 0.6 is 0 Å². The van der Waals surface area contributed by atoms with E-state index in [4.69, 9.17) is 28.7 Å². The lowest BCUT2D eigenvalue weighted by molar-refractivity contribution is -0.141. The standard InChI is InChI=1S/C46H51N5O11S/c1-5-30-23-46(30,44(54)50-63(56,57)34-13-7-6-8-14-34)49-42(52)38-22-33(24-51(38)43(53)41(27(2)3)48-45(55)62-31-11-9-10-12-31)59-25-29-19-36(28-15-18-39-40(20-28)61-26-60-39)47-37-21-32(58-4)16-17-35(29)37/h5-8,13-21,27,30-31,33,38,41H,1,9-12,22-26H2,2-4H3,(H,48,55)(H,49,52)(H,50,54)/t30-,33-,38+,41+,46-/m1/s1. The second-order valence-electron chi connectivity index (χ2n) is 16.7. The van der Waals surface area contributed by atoms with Crippen molar-refractivity contribution in [3.05, 3.63) is 91.0 Å². The zero-order chi connectivity index (χ0) is 44.5. The fraction of sp³-hybridized carbons (Fsp3) is 0.413. The molecule has 8 rings (SSSR count). The van der Waals surface area contributed by atoms with E-state index in [2.05, 4.69) is 21.9 Å². The molecule has 3 heterocycles. The number of methoxy groups -OCH3 is 1. The summed E-state index contributed by atoms with van der Waals surface area (Å²) in [4.78, 5) is 62.2. The number of pyridine rings is 1. The van der Waals surface area contributed by atoms with Gasteiger partial charge in [0.05, 0.1) is 35.9 Å². The Morgan fingerprint density at radius 2 is 1.75 bits per heavy atom. The summed E-state index contributed by atoms with van der Waals surface area (Å²) in [5, 5.41) is 6.36. The molecular weight excluding hydrogens is 831 g/mol. The van der Waals surface area contributed by atoms with E-state index in [1.807, 2.05) is 42.5 Å². The highest BCUT2D eigenvalue weighted by molar-refractivity contribution is 7.90. The van der Waals surface area contributed by atoms with Gasteiger partial charge in [0.2, 0.25) is 18.6 Å². The second kappa shape index (κ2) is 17.9. The second-order valence-corrected chi connectivity index (χ2v) is 18.4. The summed E-state index contributed by atoms with van der Waals surface area (Å²) >= 11 is 0. The highest BCUT2D eigenvalue weighted by Crippen LogP contribution is 2.45. The quantitative estimate of drug-likeness (QED) is 0.129. The molecule has 2 saturated carbocycles. The van der Waals surface area contributed by atoms with Crippen LogP contribution in [0.3, 0.4) is 0 Å². The molecule has 0 bridgehead atoms. The Kier molecular flexibility index (Phi) is 12.3. The number of benzene rings is 3. The van der Waals surface area contributed by atoms with E-state index in [0.29, 0.717) is 28.5 Å². The minimum atomic E-state index is -4.29. The van der Waals surface area contributed by atoms with E-state index < -0.39 is 69.4 Å². The first-order valence-corrected chi connectivity index (χ1v) is 22.6. The van der Waals surface area contributed by atoms with Crippen molar-refractivity contribution in [3.63, 3.8) is 0 Å². The third kappa shape index (κ3) is 9.16. The van der Waals surface area contributed by atoms with Crippen LogP contribution in [0.15, 0.2) is 90.3 Å². The normalized spacial score (nSPS) is 22.1. The van der Waals surface area contributed by atoms with Crippen molar-refractivity contribution < 1.29 is 51.3 Å². The number of aromatic nitrogens is 1. The number of likely N-dealkylation sites (tertiary alicyclic amines) is 1. The van der Waals surface area contributed by atoms with Crippen LogP contribution in [-0.2, 0) is 40.5 Å². The van der Waals surface area contributed by atoms with Crippen LogP contribution in [0.5, 0.6) is 17.2 Å². The molecule has 1 aromatic heterocycles. The van der Waals surface area contributed by atoms with Gasteiger partial charge in [0.15, 0.2) is 11.5 Å². The van der Waals surface area contributed by atoms with E-state index in [1.165, 1.54) is 35.2 Å². The Morgan fingerprint density at radius 1 is 0.984 bits per heavy atom. The van der Waals surface area contributed by atoms with Crippen LogP contribution in [0.25, 0.3) is 22.2 Å². The number of ether oxygens (including phenoxy) is 5. The highest BCUT2D eigenvalue weighted by atomic mass is 32.2. The fourth-order valence-electron chi connectivity index (χ4n) is 8.57. The van der Waals surface area contributed by atoms with Crippen molar-refractivity contribution in [1.82, 2.24) is 25.2 Å². The lowest BCUT2D eigenvalue weighted by atomic mass is 10.0. The minimum Gasteiger partial charge on any atom is -0.497 e. The minimum absolute atomic E-state index is 0.0273. The molecular formula is C46H51N5O11S. The Hall–Kier alpha value is -6.20. The zero-order valence-electron chi connectivity index (χ0n) is 35.3. The number of hydrogen-bond acceptors (Lipinski definition) is 12. The van der Waals surface area contributed by atoms with Gasteiger partial charge in [0.1, 0.15) is 29.5 Å². The Bertz CT molecular complexity index is 2530. The molecule has 1 saturated heterocycles. The Balaban J connectivity index is 1.06. The molecule has 0 spiro atoms. The number of alkyl carbamates (subject to hydrolysis) is 1. The van der Waals surface area contributed by atoms with E-state index >= 15 is 0 Å². The third-order valence-electron chi connectivity index (χ3n) is 12.2. The van der Waals surface area contributed by atoms with E-state index in [-0.39, 0.29) is 43.8 Å². The predicted molar refractivity (Wildman–Crippen MR) is 230 cm³/mol. The lowest BCUT2D eigenvalue weighted by Crippen LogP contribution is -2.59. The average molecular weight is 882 g/mol. The molecule has 2 aliphatic heterocycles. The van der Waals surface area contributed by atoms with Gasteiger partial charge in [0, 0.05) is 35.9 Å². The van der Waals surface area contributed by atoms with E-state index in [0.717, 1.165) is 42.2 Å². The van der Waals surface area contributed by atoms with Crippen LogP contribution in [0.4, 0.5) is 4.79 Å². The van der Waals surface area contributed by atoms with Crippen molar-refractivity contribution >= 4 is 44.7 Å². The van der Waals surface area contributed by atoms with Crippen molar-refractivity contribution in [2.75, 3.05) is 20.4 Å². The Labute approximate surface area is 365 Å². The van der Waals surface area contributed by atoms with Crippen LogP contribution in [0, 0.1) is 11.8 Å². The van der Waals surface area contributed by atoms with Crippen LogP contribution in [0.2, 0.25) is 0 Å². The number of nitrogens with zero attached hydrogens (tertiary/aromatic N) is 2. The maximum atomic E-state index is 14.6. The SMILES string of the molecule is C=C[C@@H]1C[C@]1(NC(=O)[C@@H]1C[C@@H](OCc2cc(-c3ccc4c(c3)OCO4)nc3cc(OC)ccc23)CN1C(=O)[C@@H](NC(=O)OC1CCCC1)C(C)C)C(=O)NS(=O)(=O)c1ccccc1. The maximum Gasteiger partial charge on any atom is 0.408 e. The van der Waals surface area contributed by atoms with Gasteiger partial charge in [-0.15, -0.1) is 6.58 Å². The largest absolute Gasteiger partial charge is 0.497 e. The molecule has 63 heavy (non-hydrogen) atoms. The molecule has 2 aliphatic carbocycles. The molecule has 332 valence electrons. The van der Waals surface area contributed by atoms with Crippen LogP contribution in [-0.4, -0.2) is 92.4 Å². The number of fused-ring (bicyclic) bond motifs is 2. The first-order valence-electron chi connectivity index (χ1n) is 21.1. The number of carbonyl (C=O) groups is 4. The van der Waals surface area contributed by atoms with E-state index in [9.17, 15) is 27.6 Å². The lowest BCUT2D eigenvalue weighted by Gasteiger charge is -2.31. The van der Waals surface area contributed by atoms with Crippen LogP contribution in [0.1, 0.15) is 57.9 Å². The zero-order valence-corrected chi connectivity index (χ0v) is 36.2.